The third-order valence-corrected chi connectivity index (χ3v) is 10.8. The van der Waals surface area contributed by atoms with Gasteiger partial charge in [0, 0.05) is 33.1 Å². The molecule has 53 heavy (non-hydrogen) atoms. The fourth-order valence-electron chi connectivity index (χ4n) is 8.15. The maximum atomic E-state index is 7.60. The van der Waals surface area contributed by atoms with E-state index < -0.39 is 5.60 Å². The van der Waals surface area contributed by atoms with Crippen molar-refractivity contribution in [2.45, 2.75) is 24.9 Å². The first kappa shape index (κ1) is 32.5. The van der Waals surface area contributed by atoms with Crippen LogP contribution in [0.25, 0.3) is 50.5 Å². The summed E-state index contributed by atoms with van der Waals surface area (Å²) in [5.74, 6) is 3.26. The highest BCUT2D eigenvalue weighted by Gasteiger charge is 2.46. The Morgan fingerprint density at radius 1 is 0.604 bits per heavy atom. The summed E-state index contributed by atoms with van der Waals surface area (Å²) in [6.45, 7) is 4.59. The lowest BCUT2D eigenvalue weighted by atomic mass is 9.77. The van der Waals surface area contributed by atoms with Crippen molar-refractivity contribution in [1.29, 1.82) is 0 Å². The molecule has 0 saturated carbocycles. The number of hydrogen-bond acceptors (Lipinski definition) is 6. The van der Waals surface area contributed by atoms with E-state index in [1.54, 1.807) is 21.3 Å². The molecule has 0 radical (unpaired) electrons. The number of rotatable bonds is 7. The van der Waals surface area contributed by atoms with Gasteiger partial charge in [0.1, 0.15) is 11.5 Å². The monoisotopic (exact) mass is 694 g/mol. The molecular formula is C47H38N2O4. The van der Waals surface area contributed by atoms with Gasteiger partial charge in [-0.05, 0) is 64.0 Å². The van der Waals surface area contributed by atoms with Gasteiger partial charge >= 0.3 is 0 Å². The first-order valence-corrected chi connectivity index (χ1v) is 17.8. The molecule has 1 aliphatic carbocycles. The van der Waals surface area contributed by atoms with Crippen LogP contribution in [0.2, 0.25) is 0 Å². The van der Waals surface area contributed by atoms with Crippen LogP contribution in [0.1, 0.15) is 41.9 Å². The van der Waals surface area contributed by atoms with E-state index in [0.717, 1.165) is 55.9 Å². The summed E-state index contributed by atoms with van der Waals surface area (Å²) < 4.78 is 25.0. The van der Waals surface area contributed by atoms with Crippen LogP contribution in [0.15, 0.2) is 133 Å². The second-order valence-electron chi connectivity index (χ2n) is 14.0. The molecule has 1 aromatic heterocycles. The van der Waals surface area contributed by atoms with Crippen molar-refractivity contribution in [3.63, 3.8) is 0 Å². The zero-order valence-corrected chi connectivity index (χ0v) is 30.3. The summed E-state index contributed by atoms with van der Waals surface area (Å²) in [5, 5.41) is 1.94. The molecule has 6 aromatic carbocycles. The van der Waals surface area contributed by atoms with Gasteiger partial charge in [-0.1, -0.05) is 117 Å². The number of fused-ring (bicyclic) bond motifs is 8. The average molecular weight is 695 g/mol. The normalized spacial score (nSPS) is 16.3. The highest BCUT2D eigenvalue weighted by molar-refractivity contribution is 6.09. The summed E-state index contributed by atoms with van der Waals surface area (Å²) in [4.78, 5) is 10.7. The lowest BCUT2D eigenvalue weighted by Gasteiger charge is -2.37. The zero-order chi connectivity index (χ0) is 36.3. The van der Waals surface area contributed by atoms with Gasteiger partial charge < -0.3 is 18.9 Å². The minimum absolute atomic E-state index is 0.310. The van der Waals surface area contributed by atoms with Crippen molar-refractivity contribution in [3.8, 4) is 56.6 Å². The molecule has 0 fully saturated rings. The number of ether oxygens (including phenoxy) is 4. The van der Waals surface area contributed by atoms with Crippen LogP contribution in [-0.4, -0.2) is 31.3 Å². The van der Waals surface area contributed by atoms with Crippen LogP contribution in [0.4, 0.5) is 0 Å². The maximum Gasteiger partial charge on any atom is 0.212 e. The molecule has 1 aliphatic heterocycles. The van der Waals surface area contributed by atoms with Crippen LogP contribution in [-0.2, 0) is 11.0 Å². The van der Waals surface area contributed by atoms with E-state index in [2.05, 4.69) is 86.7 Å². The van der Waals surface area contributed by atoms with E-state index in [1.807, 2.05) is 66.7 Å². The van der Waals surface area contributed by atoms with Gasteiger partial charge in [0.15, 0.2) is 17.3 Å². The largest absolute Gasteiger partial charge is 0.497 e. The number of methoxy groups -OCH3 is 3. The smallest absolute Gasteiger partial charge is 0.212 e. The Kier molecular flexibility index (Phi) is 7.59. The van der Waals surface area contributed by atoms with E-state index >= 15 is 0 Å². The molecule has 2 aliphatic rings. The van der Waals surface area contributed by atoms with E-state index in [0.29, 0.717) is 17.3 Å². The number of hydrogen-bond donors (Lipinski definition) is 0. The van der Waals surface area contributed by atoms with Gasteiger partial charge in [-0.3, -0.25) is 0 Å². The second-order valence-corrected chi connectivity index (χ2v) is 14.0. The lowest BCUT2D eigenvalue weighted by molar-refractivity contribution is 0.153. The fraction of sp³-hybridized carbons (Fsp3) is 0.149. The van der Waals surface area contributed by atoms with E-state index in [-0.39, 0.29) is 5.41 Å². The molecule has 0 amide bonds. The van der Waals surface area contributed by atoms with Gasteiger partial charge in [-0.15, -0.1) is 0 Å². The van der Waals surface area contributed by atoms with Gasteiger partial charge in [0.25, 0.3) is 0 Å². The number of aromatic nitrogens is 2. The Morgan fingerprint density at radius 2 is 1.19 bits per heavy atom. The molecule has 1 atom stereocenters. The SMILES string of the molecule is COc1ccc(C2(c3nc(-c4ccccc4)cc(-c4ccccc4)n3)C=Cc3c4c(c5cc(OC)c(OC)cc5c3O2)-c2ccccc2C4(C)C)cc1. The lowest BCUT2D eigenvalue weighted by Crippen LogP contribution is -2.37. The molecule has 2 heterocycles. The molecule has 9 rings (SSSR count). The predicted octanol–water partition coefficient (Wildman–Crippen LogP) is 10.6. The molecular weight excluding hydrogens is 657 g/mol. The van der Waals surface area contributed by atoms with Crippen molar-refractivity contribution in [2.24, 2.45) is 0 Å². The van der Waals surface area contributed by atoms with Crippen molar-refractivity contribution in [3.05, 3.63) is 162 Å². The Hall–Kier alpha value is -6.40. The number of nitrogens with zero attached hydrogens (tertiary/aromatic N) is 2. The zero-order valence-electron chi connectivity index (χ0n) is 30.3. The molecule has 7 aromatic rings. The summed E-state index contributed by atoms with van der Waals surface area (Å²) >= 11 is 0. The van der Waals surface area contributed by atoms with Crippen LogP contribution < -0.4 is 18.9 Å². The topological polar surface area (TPSA) is 62.7 Å². The Morgan fingerprint density at radius 3 is 1.79 bits per heavy atom. The van der Waals surface area contributed by atoms with Crippen molar-refractivity contribution < 1.29 is 18.9 Å². The Labute approximate surface area is 309 Å². The maximum absolute atomic E-state index is 7.60. The summed E-state index contributed by atoms with van der Waals surface area (Å²) in [6, 6.07) is 43.3. The quantitative estimate of drug-likeness (QED) is 0.166. The molecule has 1 unspecified atom stereocenters. The van der Waals surface area contributed by atoms with Crippen molar-refractivity contribution in [2.75, 3.05) is 21.3 Å². The van der Waals surface area contributed by atoms with Crippen LogP contribution in [0.5, 0.6) is 23.0 Å². The predicted molar refractivity (Wildman–Crippen MR) is 211 cm³/mol. The molecule has 0 bridgehead atoms. The van der Waals surface area contributed by atoms with Crippen molar-refractivity contribution in [1.82, 2.24) is 9.97 Å². The van der Waals surface area contributed by atoms with Crippen LogP contribution >= 0.6 is 0 Å². The molecule has 6 nitrogen and oxygen atoms in total. The highest BCUT2D eigenvalue weighted by atomic mass is 16.5. The van der Waals surface area contributed by atoms with Gasteiger partial charge in [-0.25, -0.2) is 9.97 Å². The summed E-state index contributed by atoms with van der Waals surface area (Å²) in [5.41, 5.74) is 8.78. The van der Waals surface area contributed by atoms with E-state index in [9.17, 15) is 0 Å². The van der Waals surface area contributed by atoms with E-state index in [1.165, 1.54) is 22.3 Å². The molecule has 260 valence electrons. The van der Waals surface area contributed by atoms with Crippen LogP contribution in [0, 0.1) is 0 Å². The fourth-order valence-corrected chi connectivity index (χ4v) is 8.15. The number of benzene rings is 6. The van der Waals surface area contributed by atoms with Crippen molar-refractivity contribution >= 4 is 16.8 Å². The van der Waals surface area contributed by atoms with E-state index in [4.69, 9.17) is 28.9 Å². The Balaban J connectivity index is 1.37. The Bertz CT molecular complexity index is 2500. The minimum Gasteiger partial charge on any atom is -0.497 e. The highest BCUT2D eigenvalue weighted by Crippen LogP contribution is 2.59. The molecule has 0 saturated heterocycles. The minimum atomic E-state index is -1.22. The third-order valence-electron chi connectivity index (χ3n) is 10.8. The standard InChI is InChI=1S/C47H38N2O4/c1-46(2)37-19-13-12-18-33(37)42-35-26-40(51-4)41(52-5)27-36(35)44-34(43(42)46)24-25-47(53-44,31-20-22-32(50-3)23-21-31)45-48-38(29-14-8-6-9-15-29)28-39(49-45)30-16-10-7-11-17-30/h6-28H,1-5H3. The van der Waals surface area contributed by atoms with Gasteiger partial charge in [0.2, 0.25) is 5.60 Å². The van der Waals surface area contributed by atoms with Crippen LogP contribution in [0.3, 0.4) is 0 Å². The van der Waals surface area contributed by atoms with Gasteiger partial charge in [0.05, 0.1) is 32.7 Å². The van der Waals surface area contributed by atoms with Gasteiger partial charge in [-0.2, -0.15) is 0 Å². The summed E-state index contributed by atoms with van der Waals surface area (Å²) in [6.07, 6.45) is 4.34. The average Bonchev–Trinajstić information content (AvgIpc) is 3.47. The first-order chi connectivity index (χ1) is 25.9. The molecule has 0 spiro atoms. The second kappa shape index (κ2) is 12.4. The molecule has 6 heteroatoms. The first-order valence-electron chi connectivity index (χ1n) is 17.8. The summed E-state index contributed by atoms with van der Waals surface area (Å²) in [7, 11) is 5.01. The third kappa shape index (κ3) is 5.01. The molecule has 0 N–H and O–H groups in total.